The molecule has 2 aromatic carbocycles. The summed E-state index contributed by atoms with van der Waals surface area (Å²) in [5.41, 5.74) is 9.80. The van der Waals surface area contributed by atoms with Gasteiger partial charge in [0.25, 0.3) is 5.91 Å². The van der Waals surface area contributed by atoms with Crippen molar-refractivity contribution in [2.45, 2.75) is 0 Å². The largest absolute Gasteiger partial charge is 0.396 e. The predicted molar refractivity (Wildman–Crippen MR) is 116 cm³/mol. The van der Waals surface area contributed by atoms with Crippen molar-refractivity contribution in [2.75, 3.05) is 11.1 Å². The van der Waals surface area contributed by atoms with Crippen LogP contribution < -0.4 is 11.1 Å². The van der Waals surface area contributed by atoms with Crippen LogP contribution in [0.3, 0.4) is 0 Å². The molecule has 150 valence electrons. The fourth-order valence-corrected chi connectivity index (χ4v) is 2.98. The number of halogens is 1. The van der Waals surface area contributed by atoms with E-state index in [1.807, 2.05) is 6.07 Å². The van der Waals surface area contributed by atoms with E-state index in [2.05, 4.69) is 21.4 Å². The van der Waals surface area contributed by atoms with Crippen LogP contribution in [0.4, 0.5) is 15.9 Å². The highest BCUT2D eigenvalue weighted by Crippen LogP contribution is 2.24. The number of nitrogens with zero attached hydrogens (tertiary/aromatic N) is 3. The zero-order valence-corrected chi connectivity index (χ0v) is 16.2. The van der Waals surface area contributed by atoms with Crippen molar-refractivity contribution in [3.05, 3.63) is 95.9 Å². The van der Waals surface area contributed by atoms with Crippen LogP contribution in [0.5, 0.6) is 0 Å². The van der Waals surface area contributed by atoms with Gasteiger partial charge in [0.1, 0.15) is 5.82 Å². The average Bonchev–Trinajstić information content (AvgIpc) is 2.81. The first kappa shape index (κ1) is 19.7. The fraction of sp³-hybridized carbons (Fsp3) is 0. The summed E-state index contributed by atoms with van der Waals surface area (Å²) in [4.78, 5) is 21.4. The Balaban J connectivity index is 1.55. The molecule has 2 aromatic heterocycles. The number of carbonyl (C=O) groups excluding carboxylic acids is 1. The molecule has 0 aliphatic carbocycles. The number of carbonyl (C=O) groups is 1. The number of hydrogen-bond acceptors (Lipinski definition) is 5. The standard InChI is InChI=1S/C24H16FN5O/c25-19-7-4-16(5-8-19)22-11-9-20(27)23(29-22)30-24(31)18-6-10-21(28-14-18)17-3-1-2-15(12-17)13-26/h1-12,14H,27H2,(H,29,30,31). The number of anilines is 2. The Hall–Kier alpha value is -4.57. The molecule has 2 heterocycles. The number of nitrogen functional groups attached to an aromatic ring is 1. The van der Waals surface area contributed by atoms with Gasteiger partial charge in [-0.25, -0.2) is 9.37 Å². The summed E-state index contributed by atoms with van der Waals surface area (Å²) in [5.74, 6) is -0.555. The molecule has 0 aliphatic heterocycles. The summed E-state index contributed by atoms with van der Waals surface area (Å²) < 4.78 is 13.2. The second kappa shape index (κ2) is 8.43. The van der Waals surface area contributed by atoms with Gasteiger partial charge < -0.3 is 11.1 Å². The third kappa shape index (κ3) is 4.38. The second-order valence-corrected chi connectivity index (χ2v) is 6.72. The summed E-state index contributed by atoms with van der Waals surface area (Å²) >= 11 is 0. The number of nitriles is 1. The van der Waals surface area contributed by atoms with Crippen LogP contribution in [0.25, 0.3) is 22.5 Å². The Morgan fingerprint density at radius 1 is 0.968 bits per heavy atom. The lowest BCUT2D eigenvalue weighted by molar-refractivity contribution is 0.102. The molecule has 1 amide bonds. The minimum absolute atomic E-state index is 0.206. The van der Waals surface area contributed by atoms with Crippen LogP contribution in [-0.4, -0.2) is 15.9 Å². The minimum atomic E-state index is -0.416. The van der Waals surface area contributed by atoms with Gasteiger partial charge in [-0.2, -0.15) is 5.26 Å². The summed E-state index contributed by atoms with van der Waals surface area (Å²) in [7, 11) is 0. The Morgan fingerprint density at radius 3 is 2.45 bits per heavy atom. The number of pyridine rings is 2. The van der Waals surface area contributed by atoms with Gasteiger partial charge in [-0.3, -0.25) is 9.78 Å². The number of rotatable bonds is 4. The van der Waals surface area contributed by atoms with Gasteiger partial charge in [0.05, 0.1) is 34.3 Å². The van der Waals surface area contributed by atoms with E-state index >= 15 is 0 Å². The molecular weight excluding hydrogens is 393 g/mol. The van der Waals surface area contributed by atoms with E-state index in [-0.39, 0.29) is 11.6 Å². The maximum atomic E-state index is 13.2. The van der Waals surface area contributed by atoms with Gasteiger partial charge in [0, 0.05) is 17.3 Å². The van der Waals surface area contributed by atoms with Crippen molar-refractivity contribution < 1.29 is 9.18 Å². The molecule has 0 spiro atoms. The number of nitrogens with one attached hydrogen (secondary N) is 1. The summed E-state index contributed by atoms with van der Waals surface area (Å²) in [6.07, 6.45) is 1.45. The van der Waals surface area contributed by atoms with E-state index in [0.717, 1.165) is 5.56 Å². The van der Waals surface area contributed by atoms with E-state index in [4.69, 9.17) is 11.0 Å². The molecule has 4 aromatic rings. The predicted octanol–water partition coefficient (Wildman–Crippen LogP) is 4.66. The second-order valence-electron chi connectivity index (χ2n) is 6.72. The number of hydrogen-bond donors (Lipinski definition) is 2. The molecule has 0 atom stereocenters. The first-order valence-electron chi connectivity index (χ1n) is 9.34. The molecule has 0 fully saturated rings. The molecule has 0 saturated carbocycles. The third-order valence-corrected chi connectivity index (χ3v) is 4.61. The Morgan fingerprint density at radius 2 is 1.74 bits per heavy atom. The topological polar surface area (TPSA) is 105 Å². The molecule has 7 heteroatoms. The van der Waals surface area contributed by atoms with Crippen molar-refractivity contribution in [2.24, 2.45) is 0 Å². The van der Waals surface area contributed by atoms with Crippen LogP contribution in [0.15, 0.2) is 79.0 Å². The Labute approximate surface area is 177 Å². The van der Waals surface area contributed by atoms with Gasteiger partial charge in [-0.05, 0) is 60.7 Å². The zero-order chi connectivity index (χ0) is 21.8. The molecule has 4 rings (SSSR count). The smallest absolute Gasteiger partial charge is 0.258 e. The van der Waals surface area contributed by atoms with E-state index in [9.17, 15) is 9.18 Å². The van der Waals surface area contributed by atoms with Crippen LogP contribution in [-0.2, 0) is 0 Å². The normalized spacial score (nSPS) is 10.3. The molecule has 0 bridgehead atoms. The highest BCUT2D eigenvalue weighted by atomic mass is 19.1. The van der Waals surface area contributed by atoms with Crippen molar-refractivity contribution in [3.8, 4) is 28.6 Å². The SMILES string of the molecule is N#Cc1cccc(-c2ccc(C(=O)Nc3nc(-c4ccc(F)cc4)ccc3N)cn2)c1. The van der Waals surface area contributed by atoms with Gasteiger partial charge in [0.2, 0.25) is 0 Å². The molecule has 6 nitrogen and oxygen atoms in total. The fourth-order valence-electron chi connectivity index (χ4n) is 2.98. The van der Waals surface area contributed by atoms with Crippen molar-refractivity contribution in [3.63, 3.8) is 0 Å². The van der Waals surface area contributed by atoms with Gasteiger partial charge in [-0.1, -0.05) is 12.1 Å². The van der Waals surface area contributed by atoms with E-state index in [1.165, 1.54) is 18.3 Å². The maximum absolute atomic E-state index is 13.2. The summed E-state index contributed by atoms with van der Waals surface area (Å²) in [6, 6.07) is 21.7. The number of benzene rings is 2. The van der Waals surface area contributed by atoms with Gasteiger partial charge in [0.15, 0.2) is 5.82 Å². The van der Waals surface area contributed by atoms with E-state index in [0.29, 0.717) is 33.8 Å². The lowest BCUT2D eigenvalue weighted by atomic mass is 10.1. The van der Waals surface area contributed by atoms with E-state index in [1.54, 1.807) is 54.6 Å². The minimum Gasteiger partial charge on any atom is -0.396 e. The van der Waals surface area contributed by atoms with Crippen molar-refractivity contribution in [1.29, 1.82) is 5.26 Å². The molecule has 0 unspecified atom stereocenters. The highest BCUT2D eigenvalue weighted by Gasteiger charge is 2.12. The number of nitrogens with two attached hydrogens (primary N) is 1. The molecule has 0 aliphatic rings. The lowest BCUT2D eigenvalue weighted by Gasteiger charge is -2.10. The van der Waals surface area contributed by atoms with Crippen LogP contribution in [0.2, 0.25) is 0 Å². The summed E-state index contributed by atoms with van der Waals surface area (Å²) in [6.45, 7) is 0. The molecule has 31 heavy (non-hydrogen) atoms. The monoisotopic (exact) mass is 409 g/mol. The molecular formula is C24H16FN5O. The third-order valence-electron chi connectivity index (χ3n) is 4.61. The number of amides is 1. The van der Waals surface area contributed by atoms with E-state index < -0.39 is 5.91 Å². The van der Waals surface area contributed by atoms with Crippen LogP contribution in [0.1, 0.15) is 15.9 Å². The molecule has 3 N–H and O–H groups in total. The quantitative estimate of drug-likeness (QED) is 0.510. The maximum Gasteiger partial charge on any atom is 0.258 e. The first-order valence-corrected chi connectivity index (χ1v) is 9.34. The van der Waals surface area contributed by atoms with Gasteiger partial charge in [-0.15, -0.1) is 0 Å². The van der Waals surface area contributed by atoms with Gasteiger partial charge >= 0.3 is 0 Å². The Kier molecular flexibility index (Phi) is 5.37. The highest BCUT2D eigenvalue weighted by molar-refractivity contribution is 6.05. The first-order chi connectivity index (χ1) is 15.0. The summed E-state index contributed by atoms with van der Waals surface area (Å²) in [5, 5.41) is 11.7. The lowest BCUT2D eigenvalue weighted by Crippen LogP contribution is -2.15. The zero-order valence-electron chi connectivity index (χ0n) is 16.2. The Bertz CT molecular complexity index is 1300. The van der Waals surface area contributed by atoms with Crippen molar-refractivity contribution >= 4 is 17.4 Å². The molecule has 0 radical (unpaired) electrons. The van der Waals surface area contributed by atoms with Crippen LogP contribution in [0, 0.1) is 17.1 Å². The van der Waals surface area contributed by atoms with Crippen LogP contribution >= 0.6 is 0 Å². The average molecular weight is 409 g/mol. The number of aromatic nitrogens is 2. The van der Waals surface area contributed by atoms with Crippen molar-refractivity contribution in [1.82, 2.24) is 9.97 Å². The molecule has 0 saturated heterocycles.